The average molecular weight is 444 g/mol. The molecule has 1 amide bonds. The first-order chi connectivity index (χ1) is 15.1. The van der Waals surface area contributed by atoms with Gasteiger partial charge >= 0.3 is 5.97 Å². The van der Waals surface area contributed by atoms with E-state index in [4.69, 9.17) is 14.2 Å². The van der Waals surface area contributed by atoms with Crippen LogP contribution < -0.4 is 0 Å². The van der Waals surface area contributed by atoms with Crippen molar-refractivity contribution in [1.29, 1.82) is 0 Å². The summed E-state index contributed by atoms with van der Waals surface area (Å²) in [7, 11) is 1.64. The molecule has 0 radical (unpaired) electrons. The monoisotopic (exact) mass is 443 g/mol. The Kier molecular flexibility index (Phi) is 22.7. The van der Waals surface area contributed by atoms with Crippen LogP contribution in [0.5, 0.6) is 0 Å². The van der Waals surface area contributed by atoms with Crippen molar-refractivity contribution in [2.24, 2.45) is 0 Å². The van der Waals surface area contributed by atoms with E-state index in [-0.39, 0.29) is 18.3 Å². The molecule has 0 unspecified atom stereocenters. The largest absolute Gasteiger partial charge is 0.466 e. The molecule has 0 heterocycles. The second kappa shape index (κ2) is 23.5. The minimum absolute atomic E-state index is 0.0225. The molecule has 6 nitrogen and oxygen atoms in total. The second-order valence-electron chi connectivity index (χ2n) is 8.32. The summed E-state index contributed by atoms with van der Waals surface area (Å²) in [5.41, 5.74) is 0. The highest BCUT2D eigenvalue weighted by molar-refractivity contribution is 5.75. The minimum atomic E-state index is -0.217. The van der Waals surface area contributed by atoms with Gasteiger partial charge in [-0.15, -0.1) is 0 Å². The van der Waals surface area contributed by atoms with E-state index in [1.807, 2.05) is 0 Å². The molecule has 0 aliphatic carbocycles. The van der Waals surface area contributed by atoms with Crippen LogP contribution in [0.25, 0.3) is 0 Å². The van der Waals surface area contributed by atoms with Crippen LogP contribution in [0.1, 0.15) is 104 Å². The fourth-order valence-corrected chi connectivity index (χ4v) is 3.46. The Labute approximate surface area is 191 Å². The molecule has 0 N–H and O–H groups in total. The average Bonchev–Trinajstić information content (AvgIpc) is 2.75. The van der Waals surface area contributed by atoms with Crippen molar-refractivity contribution in [3.8, 4) is 0 Å². The lowest BCUT2D eigenvalue weighted by molar-refractivity contribution is -0.144. The maximum Gasteiger partial charge on any atom is 0.307 e. The number of esters is 1. The van der Waals surface area contributed by atoms with E-state index in [1.54, 1.807) is 12.0 Å². The topological polar surface area (TPSA) is 65.1 Å². The summed E-state index contributed by atoms with van der Waals surface area (Å²) in [6.45, 7) is 6.99. The summed E-state index contributed by atoms with van der Waals surface area (Å²) in [6, 6.07) is 0. The number of hydrogen-bond donors (Lipinski definition) is 0. The van der Waals surface area contributed by atoms with Crippen LogP contribution in [-0.2, 0) is 23.8 Å². The van der Waals surface area contributed by atoms with Crippen LogP contribution in [-0.4, -0.2) is 63.4 Å². The van der Waals surface area contributed by atoms with E-state index in [0.29, 0.717) is 39.5 Å². The first-order valence-electron chi connectivity index (χ1n) is 12.6. The molecular weight excluding hydrogens is 394 g/mol. The highest BCUT2D eigenvalue weighted by Gasteiger charge is 2.11. The highest BCUT2D eigenvalue weighted by Crippen LogP contribution is 2.12. The van der Waals surface area contributed by atoms with Crippen molar-refractivity contribution in [1.82, 2.24) is 4.90 Å². The van der Waals surface area contributed by atoms with Crippen LogP contribution in [0, 0.1) is 0 Å². The first kappa shape index (κ1) is 29.9. The summed E-state index contributed by atoms with van der Waals surface area (Å²) < 4.78 is 15.6. The highest BCUT2D eigenvalue weighted by atomic mass is 16.5. The molecule has 31 heavy (non-hydrogen) atoms. The molecule has 0 aliphatic heterocycles. The predicted octanol–water partition coefficient (Wildman–Crippen LogP) is 5.52. The van der Waals surface area contributed by atoms with Crippen LogP contribution in [0.3, 0.4) is 0 Å². The predicted molar refractivity (Wildman–Crippen MR) is 126 cm³/mol. The van der Waals surface area contributed by atoms with E-state index in [2.05, 4.69) is 6.92 Å². The van der Waals surface area contributed by atoms with Crippen LogP contribution in [0.4, 0.5) is 0 Å². The maximum absolute atomic E-state index is 11.9. The zero-order valence-corrected chi connectivity index (χ0v) is 20.6. The van der Waals surface area contributed by atoms with Crippen LogP contribution in [0.15, 0.2) is 0 Å². The molecule has 0 bridgehead atoms. The van der Waals surface area contributed by atoms with Gasteiger partial charge in [-0.3, -0.25) is 9.59 Å². The first-order valence-corrected chi connectivity index (χ1v) is 12.6. The van der Waals surface area contributed by atoms with Crippen molar-refractivity contribution in [2.75, 3.05) is 46.6 Å². The van der Waals surface area contributed by atoms with E-state index in [1.165, 1.54) is 71.1 Å². The number of carbonyl (C=O) groups excluding carboxylic acids is 2. The number of rotatable bonds is 23. The number of carbonyl (C=O) groups is 2. The molecule has 0 aromatic heterocycles. The second-order valence-corrected chi connectivity index (χ2v) is 8.32. The Morgan fingerprint density at radius 3 is 1.81 bits per heavy atom. The van der Waals surface area contributed by atoms with Gasteiger partial charge in [-0.05, 0) is 12.8 Å². The molecular formula is C25H49NO5. The number of hydrogen-bond acceptors (Lipinski definition) is 5. The summed E-state index contributed by atoms with van der Waals surface area (Å²) in [4.78, 5) is 25.3. The zero-order chi connectivity index (χ0) is 23.0. The Hall–Kier alpha value is -1.14. The molecule has 0 saturated heterocycles. The Morgan fingerprint density at radius 1 is 0.677 bits per heavy atom. The van der Waals surface area contributed by atoms with Crippen LogP contribution in [0.2, 0.25) is 0 Å². The molecule has 0 saturated carbocycles. The summed E-state index contributed by atoms with van der Waals surface area (Å²) >= 11 is 0. The summed E-state index contributed by atoms with van der Waals surface area (Å²) in [5, 5.41) is 0. The van der Waals surface area contributed by atoms with Gasteiger partial charge in [0.2, 0.25) is 5.91 Å². The minimum Gasteiger partial charge on any atom is -0.466 e. The van der Waals surface area contributed by atoms with Gasteiger partial charge in [0.25, 0.3) is 0 Å². The molecule has 184 valence electrons. The van der Waals surface area contributed by atoms with Crippen molar-refractivity contribution < 1.29 is 23.8 Å². The summed E-state index contributed by atoms with van der Waals surface area (Å²) in [6.07, 6.45) is 16.5. The fraction of sp³-hybridized carbons (Fsp3) is 0.920. The van der Waals surface area contributed by atoms with Gasteiger partial charge in [0.15, 0.2) is 0 Å². The van der Waals surface area contributed by atoms with Crippen molar-refractivity contribution >= 4 is 11.9 Å². The third-order valence-electron chi connectivity index (χ3n) is 5.44. The quantitative estimate of drug-likeness (QED) is 0.154. The standard InChI is InChI=1S/C25H49NO5/c1-4-5-6-7-8-9-10-11-12-13-14-15-21-31-25(28)17-19-26(24(2)27)18-16-20-30-23-22-29-3/h4-23H2,1-3H3. The van der Waals surface area contributed by atoms with Crippen molar-refractivity contribution in [3.63, 3.8) is 0 Å². The van der Waals surface area contributed by atoms with Gasteiger partial charge in [-0.25, -0.2) is 0 Å². The Bertz CT molecular complexity index is 417. The molecule has 0 aromatic rings. The lowest BCUT2D eigenvalue weighted by atomic mass is 10.1. The van der Waals surface area contributed by atoms with E-state index < -0.39 is 0 Å². The molecule has 6 heteroatoms. The lowest BCUT2D eigenvalue weighted by Gasteiger charge is -2.20. The molecule has 0 rings (SSSR count). The Balaban J connectivity index is 3.53. The molecule has 0 aromatic carbocycles. The van der Waals surface area contributed by atoms with Crippen molar-refractivity contribution in [3.05, 3.63) is 0 Å². The Morgan fingerprint density at radius 2 is 1.26 bits per heavy atom. The third kappa shape index (κ3) is 21.9. The van der Waals surface area contributed by atoms with E-state index in [0.717, 1.165) is 19.3 Å². The molecule has 0 spiro atoms. The van der Waals surface area contributed by atoms with Gasteiger partial charge in [-0.1, -0.05) is 77.6 Å². The van der Waals surface area contributed by atoms with Gasteiger partial charge in [0.1, 0.15) is 0 Å². The SMILES string of the molecule is CCCCCCCCCCCCCCOC(=O)CCN(CCCOCCOC)C(C)=O. The molecule has 0 aliphatic rings. The van der Waals surface area contributed by atoms with Gasteiger partial charge in [-0.2, -0.15) is 0 Å². The number of nitrogens with zero attached hydrogens (tertiary/aromatic N) is 1. The van der Waals surface area contributed by atoms with Crippen molar-refractivity contribution in [2.45, 2.75) is 104 Å². The third-order valence-corrected chi connectivity index (χ3v) is 5.44. The number of unbranched alkanes of at least 4 members (excludes halogenated alkanes) is 11. The van der Waals surface area contributed by atoms with Crippen LogP contribution >= 0.6 is 0 Å². The molecule has 0 fully saturated rings. The fourth-order valence-electron chi connectivity index (χ4n) is 3.46. The van der Waals surface area contributed by atoms with E-state index in [9.17, 15) is 9.59 Å². The lowest BCUT2D eigenvalue weighted by Crippen LogP contribution is -2.32. The number of ether oxygens (including phenoxy) is 3. The maximum atomic E-state index is 11.9. The molecule has 0 atom stereocenters. The summed E-state index contributed by atoms with van der Waals surface area (Å²) in [5.74, 6) is -0.240. The van der Waals surface area contributed by atoms with E-state index >= 15 is 0 Å². The van der Waals surface area contributed by atoms with Gasteiger partial charge in [0.05, 0.1) is 26.2 Å². The normalized spacial score (nSPS) is 10.9. The zero-order valence-electron chi connectivity index (χ0n) is 20.6. The van der Waals surface area contributed by atoms with Gasteiger partial charge < -0.3 is 19.1 Å². The smallest absolute Gasteiger partial charge is 0.307 e. The number of amides is 1. The number of methoxy groups -OCH3 is 1. The van der Waals surface area contributed by atoms with Gasteiger partial charge in [0, 0.05) is 33.7 Å².